The minimum absolute atomic E-state index is 0.0651. The van der Waals surface area contributed by atoms with Crippen LogP contribution in [0.4, 0.5) is 5.69 Å². The van der Waals surface area contributed by atoms with E-state index in [1.54, 1.807) is 4.57 Å². The standard InChI is InChI=1S/C26H23N5O2S/c1-17-9-8-14-21(18(17)2)30-24(33)20-12-6-7-13-22(20)31-25(30)28-29-26(31)34-16-15-23(32)27-19-10-4-3-5-11-19/h3-14H,15-16H2,1-2H3,(H,27,32). The monoisotopic (exact) mass is 469 g/mol. The molecule has 0 spiro atoms. The molecule has 2 heterocycles. The summed E-state index contributed by atoms with van der Waals surface area (Å²) in [6, 6.07) is 22.7. The third-order valence-corrected chi connectivity index (χ3v) is 6.76. The van der Waals surface area contributed by atoms with Crippen molar-refractivity contribution in [2.45, 2.75) is 25.4 Å². The first-order chi connectivity index (χ1) is 16.5. The number of benzene rings is 3. The van der Waals surface area contributed by atoms with E-state index >= 15 is 0 Å². The quantitative estimate of drug-likeness (QED) is 0.362. The van der Waals surface area contributed by atoms with Crippen LogP contribution in [0.3, 0.4) is 0 Å². The minimum atomic E-state index is -0.136. The lowest BCUT2D eigenvalue weighted by atomic mass is 10.1. The van der Waals surface area contributed by atoms with Crippen molar-refractivity contribution in [3.8, 4) is 5.69 Å². The summed E-state index contributed by atoms with van der Waals surface area (Å²) in [7, 11) is 0. The SMILES string of the molecule is Cc1cccc(-n2c(=O)c3ccccc3n3c(SCCC(=O)Nc4ccccc4)nnc23)c1C. The molecule has 34 heavy (non-hydrogen) atoms. The second kappa shape index (κ2) is 9.15. The fourth-order valence-electron chi connectivity index (χ4n) is 3.95. The zero-order chi connectivity index (χ0) is 23.7. The number of amides is 1. The van der Waals surface area contributed by atoms with Gasteiger partial charge in [-0.05, 0) is 55.3 Å². The maximum atomic E-state index is 13.5. The molecule has 2 aromatic heterocycles. The molecule has 0 atom stereocenters. The molecule has 170 valence electrons. The van der Waals surface area contributed by atoms with Gasteiger partial charge < -0.3 is 5.32 Å². The molecule has 1 amide bonds. The van der Waals surface area contributed by atoms with Crippen LogP contribution in [0.15, 0.2) is 82.7 Å². The molecule has 5 aromatic rings. The zero-order valence-corrected chi connectivity index (χ0v) is 19.7. The molecule has 7 nitrogen and oxygen atoms in total. The van der Waals surface area contributed by atoms with Gasteiger partial charge >= 0.3 is 0 Å². The van der Waals surface area contributed by atoms with Crippen LogP contribution < -0.4 is 10.9 Å². The first-order valence-electron chi connectivity index (χ1n) is 11.0. The molecule has 0 saturated heterocycles. The molecule has 1 N–H and O–H groups in total. The van der Waals surface area contributed by atoms with Gasteiger partial charge in [0.1, 0.15) is 0 Å². The molecule has 0 saturated carbocycles. The lowest BCUT2D eigenvalue weighted by Gasteiger charge is -2.14. The van der Waals surface area contributed by atoms with Gasteiger partial charge in [0.05, 0.1) is 16.6 Å². The van der Waals surface area contributed by atoms with Crippen molar-refractivity contribution in [3.05, 3.63) is 94.3 Å². The summed E-state index contributed by atoms with van der Waals surface area (Å²) in [4.78, 5) is 25.9. The fraction of sp³-hybridized carbons (Fsp3) is 0.154. The molecule has 0 aliphatic rings. The largest absolute Gasteiger partial charge is 0.326 e. The number of thioether (sulfide) groups is 1. The molecular weight excluding hydrogens is 446 g/mol. The van der Waals surface area contributed by atoms with Gasteiger partial charge in [-0.1, -0.05) is 54.2 Å². The van der Waals surface area contributed by atoms with E-state index in [0.717, 1.165) is 28.0 Å². The van der Waals surface area contributed by atoms with E-state index in [4.69, 9.17) is 0 Å². The number of carbonyl (C=O) groups is 1. The Morgan fingerprint density at radius 1 is 0.941 bits per heavy atom. The second-order valence-corrected chi connectivity index (χ2v) is 9.07. The molecule has 0 bridgehead atoms. The Morgan fingerprint density at radius 2 is 1.71 bits per heavy atom. The van der Waals surface area contributed by atoms with Crippen molar-refractivity contribution >= 4 is 40.0 Å². The first-order valence-corrected chi connectivity index (χ1v) is 12.0. The van der Waals surface area contributed by atoms with Crippen molar-refractivity contribution in [1.29, 1.82) is 0 Å². The molecule has 0 fully saturated rings. The summed E-state index contributed by atoms with van der Waals surface area (Å²) >= 11 is 1.44. The van der Waals surface area contributed by atoms with Gasteiger partial charge in [-0.3, -0.25) is 14.0 Å². The average molecular weight is 470 g/mol. The summed E-state index contributed by atoms with van der Waals surface area (Å²) in [6.07, 6.45) is 0.322. The van der Waals surface area contributed by atoms with Crippen LogP contribution >= 0.6 is 11.8 Å². The fourth-order valence-corrected chi connectivity index (χ4v) is 4.82. The third-order valence-electron chi connectivity index (χ3n) is 5.83. The summed E-state index contributed by atoms with van der Waals surface area (Å²) in [5.41, 5.74) is 4.26. The highest BCUT2D eigenvalue weighted by Crippen LogP contribution is 2.25. The van der Waals surface area contributed by atoms with E-state index in [1.165, 1.54) is 11.8 Å². The van der Waals surface area contributed by atoms with Crippen LogP contribution in [0.25, 0.3) is 22.4 Å². The van der Waals surface area contributed by atoms with Gasteiger partial charge in [-0.25, -0.2) is 4.57 Å². The smallest absolute Gasteiger partial charge is 0.267 e. The van der Waals surface area contributed by atoms with Gasteiger partial charge in [-0.2, -0.15) is 0 Å². The number of nitrogens with one attached hydrogen (secondary N) is 1. The van der Waals surface area contributed by atoms with E-state index in [1.807, 2.05) is 91.0 Å². The predicted molar refractivity (Wildman–Crippen MR) is 136 cm³/mol. The molecule has 0 unspecified atom stereocenters. The molecule has 5 rings (SSSR count). The van der Waals surface area contributed by atoms with E-state index < -0.39 is 0 Å². The summed E-state index contributed by atoms with van der Waals surface area (Å²) in [6.45, 7) is 4.02. The van der Waals surface area contributed by atoms with E-state index in [-0.39, 0.29) is 11.5 Å². The van der Waals surface area contributed by atoms with Crippen LogP contribution in [0.2, 0.25) is 0 Å². The van der Waals surface area contributed by atoms with Gasteiger partial charge in [0.2, 0.25) is 11.7 Å². The summed E-state index contributed by atoms with van der Waals surface area (Å²) in [5.74, 6) is 0.912. The van der Waals surface area contributed by atoms with Crippen molar-refractivity contribution in [1.82, 2.24) is 19.2 Å². The number of fused-ring (bicyclic) bond motifs is 3. The minimum Gasteiger partial charge on any atom is -0.326 e. The molecule has 0 aliphatic carbocycles. The van der Waals surface area contributed by atoms with Crippen LogP contribution in [0, 0.1) is 13.8 Å². The number of hydrogen-bond donors (Lipinski definition) is 1. The Morgan fingerprint density at radius 3 is 2.53 bits per heavy atom. The van der Waals surface area contributed by atoms with Gasteiger partial charge in [0.25, 0.3) is 5.56 Å². The van der Waals surface area contributed by atoms with Gasteiger partial charge in [0, 0.05) is 17.9 Å². The molecule has 0 radical (unpaired) electrons. The Labute approximate surface area is 200 Å². The Kier molecular flexibility index (Phi) is 5.90. The second-order valence-electron chi connectivity index (χ2n) is 8.01. The lowest BCUT2D eigenvalue weighted by molar-refractivity contribution is -0.115. The van der Waals surface area contributed by atoms with Crippen molar-refractivity contribution in [2.75, 3.05) is 11.1 Å². The van der Waals surface area contributed by atoms with Gasteiger partial charge in [-0.15, -0.1) is 10.2 Å². The lowest BCUT2D eigenvalue weighted by Crippen LogP contribution is -2.22. The number of anilines is 1. The highest BCUT2D eigenvalue weighted by atomic mass is 32.2. The zero-order valence-electron chi connectivity index (χ0n) is 18.9. The van der Waals surface area contributed by atoms with E-state index in [9.17, 15) is 9.59 Å². The van der Waals surface area contributed by atoms with Crippen molar-refractivity contribution < 1.29 is 4.79 Å². The highest BCUT2D eigenvalue weighted by molar-refractivity contribution is 7.99. The number of aromatic nitrogens is 4. The van der Waals surface area contributed by atoms with Crippen molar-refractivity contribution in [3.63, 3.8) is 0 Å². The highest BCUT2D eigenvalue weighted by Gasteiger charge is 2.19. The average Bonchev–Trinajstić information content (AvgIpc) is 3.26. The van der Waals surface area contributed by atoms with Gasteiger partial charge in [0.15, 0.2) is 5.16 Å². The van der Waals surface area contributed by atoms with E-state index in [2.05, 4.69) is 15.5 Å². The number of aryl methyl sites for hydroxylation is 1. The number of hydrogen-bond acceptors (Lipinski definition) is 5. The molecule has 8 heteroatoms. The van der Waals surface area contributed by atoms with Crippen molar-refractivity contribution in [2.24, 2.45) is 0 Å². The van der Waals surface area contributed by atoms with Crippen LogP contribution in [0.1, 0.15) is 17.5 Å². The number of para-hydroxylation sites is 2. The third kappa shape index (κ3) is 3.97. The number of rotatable bonds is 6. The first kappa shape index (κ1) is 21.9. The van der Waals surface area contributed by atoms with Crippen LogP contribution in [0.5, 0.6) is 0 Å². The maximum absolute atomic E-state index is 13.5. The predicted octanol–water partition coefficient (Wildman–Crippen LogP) is 4.77. The Bertz CT molecular complexity index is 1570. The Balaban J connectivity index is 1.52. The maximum Gasteiger partial charge on any atom is 0.267 e. The number of nitrogens with zero attached hydrogens (tertiary/aromatic N) is 4. The number of carbonyl (C=O) groups excluding carboxylic acids is 1. The van der Waals surface area contributed by atoms with Crippen LogP contribution in [-0.2, 0) is 4.79 Å². The Hall–Kier alpha value is -3.91. The van der Waals surface area contributed by atoms with Crippen LogP contribution in [-0.4, -0.2) is 30.8 Å². The topological polar surface area (TPSA) is 81.3 Å². The molecule has 0 aliphatic heterocycles. The normalized spacial score (nSPS) is 11.2. The summed E-state index contributed by atoms with van der Waals surface area (Å²) < 4.78 is 3.53. The molecular formula is C26H23N5O2S. The van der Waals surface area contributed by atoms with E-state index in [0.29, 0.717) is 28.5 Å². The summed E-state index contributed by atoms with van der Waals surface area (Å²) in [5, 5.41) is 12.9. The molecule has 3 aromatic carbocycles.